The number of fused-ring (bicyclic) bond motifs is 1. The minimum atomic E-state index is -0.977. The van der Waals surface area contributed by atoms with Crippen molar-refractivity contribution in [3.63, 3.8) is 0 Å². The van der Waals surface area contributed by atoms with Gasteiger partial charge in [-0.1, -0.05) is 18.2 Å². The van der Waals surface area contributed by atoms with E-state index < -0.39 is 12.0 Å². The smallest absolute Gasteiger partial charge is 0.326 e. The lowest BCUT2D eigenvalue weighted by Crippen LogP contribution is -2.40. The lowest BCUT2D eigenvalue weighted by molar-refractivity contribution is -0.141. The van der Waals surface area contributed by atoms with E-state index in [1.165, 1.54) is 11.0 Å². The molecule has 0 spiro atoms. The number of amides is 1. The maximum absolute atomic E-state index is 12.5. The summed E-state index contributed by atoms with van der Waals surface area (Å²) in [4.78, 5) is 29.4. The van der Waals surface area contributed by atoms with Gasteiger partial charge in [0.05, 0.1) is 5.52 Å². The number of carbonyl (C=O) groups excluding carboxylic acids is 1. The van der Waals surface area contributed by atoms with E-state index in [-0.39, 0.29) is 11.6 Å². The summed E-state index contributed by atoms with van der Waals surface area (Å²) in [6.45, 7) is 0.435. The zero-order valence-electron chi connectivity index (χ0n) is 11.3. The Bertz CT molecular complexity index is 729. The van der Waals surface area contributed by atoms with E-state index in [9.17, 15) is 9.59 Å². The van der Waals surface area contributed by atoms with Crippen LogP contribution in [0, 0.1) is 0 Å². The summed E-state index contributed by atoms with van der Waals surface area (Å²) in [6, 6.07) is 8.03. The van der Waals surface area contributed by atoms with Crippen LogP contribution >= 0.6 is 0 Å². The maximum Gasteiger partial charge on any atom is 0.326 e. The molecule has 1 saturated heterocycles. The lowest BCUT2D eigenvalue weighted by Gasteiger charge is -2.21. The molecule has 1 aromatic heterocycles. The number of hydrogen-bond acceptors (Lipinski definition) is 4. The summed E-state index contributed by atoms with van der Waals surface area (Å²) in [5, 5.41) is 9.95. The molecule has 2 heterocycles. The fourth-order valence-corrected chi connectivity index (χ4v) is 2.73. The zero-order valence-corrected chi connectivity index (χ0v) is 11.3. The van der Waals surface area contributed by atoms with Gasteiger partial charge in [-0.05, 0) is 25.0 Å². The van der Waals surface area contributed by atoms with Crippen molar-refractivity contribution in [2.24, 2.45) is 0 Å². The molecule has 6 heteroatoms. The number of carbonyl (C=O) groups is 2. The van der Waals surface area contributed by atoms with Crippen molar-refractivity contribution in [3.8, 4) is 0 Å². The van der Waals surface area contributed by atoms with E-state index >= 15 is 0 Å². The molecule has 108 valence electrons. The number of hydrogen-bond donors (Lipinski definition) is 2. The van der Waals surface area contributed by atoms with Crippen LogP contribution in [-0.2, 0) is 4.79 Å². The Morgan fingerprint density at radius 2 is 2.10 bits per heavy atom. The van der Waals surface area contributed by atoms with Crippen molar-refractivity contribution in [1.82, 2.24) is 9.88 Å². The molecule has 0 unspecified atom stereocenters. The number of nitrogens with two attached hydrogens (primary N) is 1. The van der Waals surface area contributed by atoms with Gasteiger partial charge < -0.3 is 15.7 Å². The van der Waals surface area contributed by atoms with Gasteiger partial charge in [0.1, 0.15) is 11.7 Å². The van der Waals surface area contributed by atoms with Crippen molar-refractivity contribution in [2.45, 2.75) is 18.9 Å². The molecule has 3 rings (SSSR count). The number of pyridine rings is 1. The topological polar surface area (TPSA) is 96.5 Å². The Kier molecular flexibility index (Phi) is 3.21. The van der Waals surface area contributed by atoms with Gasteiger partial charge in [-0.15, -0.1) is 0 Å². The zero-order chi connectivity index (χ0) is 15.0. The first-order valence-corrected chi connectivity index (χ1v) is 6.77. The van der Waals surface area contributed by atoms with Crippen LogP contribution in [0.3, 0.4) is 0 Å². The number of carboxylic acids is 1. The van der Waals surface area contributed by atoms with Crippen molar-refractivity contribution in [3.05, 3.63) is 36.0 Å². The van der Waals surface area contributed by atoms with Gasteiger partial charge in [-0.25, -0.2) is 9.78 Å². The molecule has 2 aromatic rings. The van der Waals surface area contributed by atoms with Crippen LogP contribution in [0.4, 0.5) is 5.69 Å². The van der Waals surface area contributed by atoms with Crippen LogP contribution in [0.5, 0.6) is 0 Å². The van der Waals surface area contributed by atoms with Gasteiger partial charge in [0.2, 0.25) is 0 Å². The summed E-state index contributed by atoms with van der Waals surface area (Å²) in [5.41, 5.74) is 7.25. The van der Waals surface area contributed by atoms with Crippen molar-refractivity contribution >= 4 is 28.5 Å². The molecule has 1 aliphatic rings. The van der Waals surface area contributed by atoms with E-state index in [0.717, 1.165) is 5.39 Å². The molecule has 0 bridgehead atoms. The molecule has 1 fully saturated rings. The first-order valence-electron chi connectivity index (χ1n) is 6.77. The van der Waals surface area contributed by atoms with Crippen LogP contribution in [0.2, 0.25) is 0 Å². The van der Waals surface area contributed by atoms with E-state index in [1.807, 2.05) is 18.2 Å². The molecule has 1 atom stereocenters. The third kappa shape index (κ3) is 2.29. The molecule has 0 aliphatic carbocycles. The van der Waals surface area contributed by atoms with E-state index in [0.29, 0.717) is 30.6 Å². The van der Waals surface area contributed by atoms with Crippen LogP contribution in [0.15, 0.2) is 30.3 Å². The maximum atomic E-state index is 12.5. The summed E-state index contributed by atoms with van der Waals surface area (Å²) < 4.78 is 0. The number of para-hydroxylation sites is 1. The van der Waals surface area contributed by atoms with Gasteiger partial charge in [-0.3, -0.25) is 4.79 Å². The van der Waals surface area contributed by atoms with Crippen molar-refractivity contribution in [2.75, 3.05) is 12.3 Å². The lowest BCUT2D eigenvalue weighted by atomic mass is 10.1. The second-order valence-corrected chi connectivity index (χ2v) is 5.11. The molecule has 1 amide bonds. The number of carboxylic acid groups (broad SMARTS) is 1. The van der Waals surface area contributed by atoms with Gasteiger partial charge in [0.25, 0.3) is 5.91 Å². The third-order valence-electron chi connectivity index (χ3n) is 3.77. The molecule has 21 heavy (non-hydrogen) atoms. The number of aliphatic carboxylic acids is 1. The highest BCUT2D eigenvalue weighted by Crippen LogP contribution is 2.24. The predicted molar refractivity (Wildman–Crippen MR) is 77.8 cm³/mol. The SMILES string of the molecule is Nc1cc(C(=O)N2CCC[C@@H]2C(=O)O)nc2ccccc12. The number of anilines is 1. The molecular weight excluding hydrogens is 270 g/mol. The molecule has 0 saturated carbocycles. The largest absolute Gasteiger partial charge is 0.480 e. The summed E-state index contributed by atoms with van der Waals surface area (Å²) in [5.74, 6) is -1.35. The Labute approximate surface area is 121 Å². The number of likely N-dealkylation sites (tertiary alicyclic amines) is 1. The Balaban J connectivity index is 2.00. The molecular formula is C15H15N3O3. The molecule has 1 aromatic carbocycles. The summed E-state index contributed by atoms with van der Waals surface area (Å²) >= 11 is 0. The highest BCUT2D eigenvalue weighted by molar-refractivity contribution is 6.00. The first kappa shape index (κ1) is 13.4. The fraction of sp³-hybridized carbons (Fsp3) is 0.267. The quantitative estimate of drug-likeness (QED) is 0.871. The van der Waals surface area contributed by atoms with Crippen LogP contribution < -0.4 is 5.73 Å². The first-order chi connectivity index (χ1) is 10.1. The second kappa shape index (κ2) is 5.05. The highest BCUT2D eigenvalue weighted by atomic mass is 16.4. The van der Waals surface area contributed by atoms with E-state index in [2.05, 4.69) is 4.98 Å². The fourth-order valence-electron chi connectivity index (χ4n) is 2.73. The highest BCUT2D eigenvalue weighted by Gasteiger charge is 2.35. The second-order valence-electron chi connectivity index (χ2n) is 5.11. The Morgan fingerprint density at radius 3 is 2.86 bits per heavy atom. The summed E-state index contributed by atoms with van der Waals surface area (Å²) in [7, 11) is 0. The van der Waals surface area contributed by atoms with Crippen molar-refractivity contribution < 1.29 is 14.7 Å². The minimum Gasteiger partial charge on any atom is -0.480 e. The van der Waals surface area contributed by atoms with Crippen molar-refractivity contribution in [1.29, 1.82) is 0 Å². The average Bonchev–Trinajstić information content (AvgIpc) is 2.96. The summed E-state index contributed by atoms with van der Waals surface area (Å²) in [6.07, 6.45) is 1.16. The standard InChI is InChI=1S/C15H15N3O3/c16-10-8-12(17-11-5-2-1-4-9(10)11)14(19)18-7-3-6-13(18)15(20)21/h1-2,4-5,8,13H,3,6-7H2,(H2,16,17)(H,20,21)/t13-/m1/s1. The predicted octanol–water partition coefficient (Wildman–Crippen LogP) is 1.51. The molecule has 1 aliphatic heterocycles. The number of benzene rings is 1. The van der Waals surface area contributed by atoms with Crippen LogP contribution in [0.25, 0.3) is 10.9 Å². The van der Waals surface area contributed by atoms with Gasteiger partial charge in [0.15, 0.2) is 0 Å². The Morgan fingerprint density at radius 1 is 1.33 bits per heavy atom. The number of rotatable bonds is 2. The van der Waals surface area contributed by atoms with Crippen LogP contribution in [-0.4, -0.2) is 39.5 Å². The van der Waals surface area contributed by atoms with E-state index in [1.54, 1.807) is 6.07 Å². The van der Waals surface area contributed by atoms with Gasteiger partial charge >= 0.3 is 5.97 Å². The van der Waals surface area contributed by atoms with Gasteiger partial charge in [-0.2, -0.15) is 0 Å². The molecule has 0 radical (unpaired) electrons. The Hall–Kier alpha value is -2.63. The number of nitrogen functional groups attached to an aromatic ring is 1. The monoisotopic (exact) mass is 285 g/mol. The van der Waals surface area contributed by atoms with E-state index in [4.69, 9.17) is 10.8 Å². The number of aromatic nitrogens is 1. The normalized spacial score (nSPS) is 18.1. The third-order valence-corrected chi connectivity index (χ3v) is 3.77. The van der Waals surface area contributed by atoms with Crippen LogP contribution in [0.1, 0.15) is 23.3 Å². The molecule has 6 nitrogen and oxygen atoms in total. The van der Waals surface area contributed by atoms with Gasteiger partial charge in [0, 0.05) is 17.6 Å². The average molecular weight is 285 g/mol. The number of nitrogens with zero attached hydrogens (tertiary/aromatic N) is 2. The minimum absolute atomic E-state index is 0.194. The molecule has 3 N–H and O–H groups in total.